The fraction of sp³-hybridized carbons (Fsp3) is 0.412. The first-order valence-electron chi connectivity index (χ1n) is 8.09. The lowest BCUT2D eigenvalue weighted by molar-refractivity contribution is -0.537. The van der Waals surface area contributed by atoms with E-state index in [4.69, 9.17) is 0 Å². The maximum Gasteiger partial charge on any atom is 0.390 e. The molecule has 1 fully saturated rings. The van der Waals surface area contributed by atoms with Crippen LogP contribution in [0, 0.1) is 0 Å². The summed E-state index contributed by atoms with van der Waals surface area (Å²) in [4.78, 5) is 31.9. The lowest BCUT2D eigenvalue weighted by Gasteiger charge is -2.31. The summed E-state index contributed by atoms with van der Waals surface area (Å²) < 4.78 is 1.94. The third-order valence-electron chi connectivity index (χ3n) is 4.29. The number of rotatable bonds is 4. The molecular weight excluding hydrogens is 306 g/mol. The average Bonchev–Trinajstić information content (AvgIpc) is 2.96. The van der Waals surface area contributed by atoms with Gasteiger partial charge in [-0.1, -0.05) is 42.2 Å². The number of urea groups is 1. The molecule has 1 aromatic rings. The van der Waals surface area contributed by atoms with Crippen LogP contribution in [0.3, 0.4) is 0 Å². The molecule has 1 atom stereocenters. The van der Waals surface area contributed by atoms with Gasteiger partial charge >= 0.3 is 12.0 Å². The molecule has 1 saturated heterocycles. The second-order valence-electron chi connectivity index (χ2n) is 5.97. The Balaban J connectivity index is 1.89. The van der Waals surface area contributed by atoms with E-state index in [0.29, 0.717) is 24.9 Å². The Labute approximate surface area is 141 Å². The summed E-state index contributed by atoms with van der Waals surface area (Å²) in [6.07, 6.45) is 0.879. The predicted octanol–water partition coefficient (Wildman–Crippen LogP) is 0.859. The zero-order valence-electron chi connectivity index (χ0n) is 14.2. The van der Waals surface area contributed by atoms with Gasteiger partial charge in [-0.2, -0.15) is 0 Å². The Hall–Kier alpha value is -2.70. The van der Waals surface area contributed by atoms with Crippen LogP contribution in [0.15, 0.2) is 35.3 Å². The number of imide groups is 1. The number of carbonyl (C=O) groups excluding carboxylic acids is 2. The van der Waals surface area contributed by atoms with Gasteiger partial charge in [0.25, 0.3) is 5.91 Å². The van der Waals surface area contributed by atoms with E-state index in [2.05, 4.69) is 17.2 Å². The summed E-state index contributed by atoms with van der Waals surface area (Å²) >= 11 is 0. The average molecular weight is 328 g/mol. The highest BCUT2D eigenvalue weighted by atomic mass is 16.2. The fourth-order valence-electron chi connectivity index (χ4n) is 2.99. The quantitative estimate of drug-likeness (QED) is 0.834. The SMILES string of the molecule is CCC[N+]1=C(NCc2ccccc2)N=C2C1C(=O)N(C)C(=O)N2C. The highest BCUT2D eigenvalue weighted by molar-refractivity contribution is 6.22. The molecule has 1 N–H and O–H groups in total. The van der Waals surface area contributed by atoms with Crippen LogP contribution >= 0.6 is 0 Å². The van der Waals surface area contributed by atoms with Crippen LogP contribution in [0.2, 0.25) is 0 Å². The molecule has 24 heavy (non-hydrogen) atoms. The van der Waals surface area contributed by atoms with Gasteiger partial charge in [-0.15, -0.1) is 0 Å². The van der Waals surface area contributed by atoms with Gasteiger partial charge < -0.3 is 0 Å². The van der Waals surface area contributed by atoms with Crippen LogP contribution in [0.5, 0.6) is 0 Å². The second kappa shape index (κ2) is 6.43. The maximum atomic E-state index is 12.6. The van der Waals surface area contributed by atoms with Crippen molar-refractivity contribution in [3.05, 3.63) is 35.9 Å². The summed E-state index contributed by atoms with van der Waals surface area (Å²) in [7, 11) is 3.17. The molecule has 3 amide bonds. The first kappa shape index (κ1) is 16.2. The first-order chi connectivity index (χ1) is 11.5. The van der Waals surface area contributed by atoms with Crippen molar-refractivity contribution >= 4 is 23.7 Å². The lowest BCUT2D eigenvalue weighted by Crippen LogP contribution is -2.61. The minimum absolute atomic E-state index is 0.234. The van der Waals surface area contributed by atoms with E-state index >= 15 is 0 Å². The number of amides is 3. The van der Waals surface area contributed by atoms with Crippen LogP contribution in [-0.2, 0) is 11.3 Å². The summed E-state index contributed by atoms with van der Waals surface area (Å²) in [5.41, 5.74) is 1.13. The van der Waals surface area contributed by atoms with E-state index < -0.39 is 6.04 Å². The van der Waals surface area contributed by atoms with Crippen molar-refractivity contribution in [2.24, 2.45) is 4.99 Å². The molecule has 1 unspecified atom stereocenters. The van der Waals surface area contributed by atoms with Gasteiger partial charge in [0.1, 0.15) is 0 Å². The molecule has 2 aliphatic heterocycles. The van der Waals surface area contributed by atoms with Gasteiger partial charge in [-0.05, 0) is 12.0 Å². The number of nitrogens with one attached hydrogen (secondary N) is 1. The number of hydrogen-bond acceptors (Lipinski definition) is 4. The molecule has 126 valence electrons. The minimum Gasteiger partial charge on any atom is -0.271 e. The van der Waals surface area contributed by atoms with Gasteiger partial charge in [0, 0.05) is 14.1 Å². The van der Waals surface area contributed by atoms with Crippen molar-refractivity contribution in [2.75, 3.05) is 20.6 Å². The molecule has 7 nitrogen and oxygen atoms in total. The van der Waals surface area contributed by atoms with Crippen LogP contribution in [0.1, 0.15) is 18.9 Å². The van der Waals surface area contributed by atoms with Crippen molar-refractivity contribution in [3.8, 4) is 0 Å². The third kappa shape index (κ3) is 2.66. The van der Waals surface area contributed by atoms with Gasteiger partial charge in [0.2, 0.25) is 11.9 Å². The summed E-state index contributed by atoms with van der Waals surface area (Å²) in [6.45, 7) is 3.36. The number of nitrogens with zero attached hydrogens (tertiary/aromatic N) is 4. The van der Waals surface area contributed by atoms with E-state index in [9.17, 15) is 9.59 Å². The molecule has 2 aliphatic rings. The molecular formula is C17H22N5O2+. The number of carbonyl (C=O) groups is 2. The second-order valence-corrected chi connectivity index (χ2v) is 5.97. The van der Waals surface area contributed by atoms with E-state index in [-0.39, 0.29) is 11.9 Å². The Morgan fingerprint density at radius 1 is 1.17 bits per heavy atom. The van der Waals surface area contributed by atoms with Gasteiger partial charge in [-0.25, -0.2) is 9.37 Å². The van der Waals surface area contributed by atoms with Crippen LogP contribution < -0.4 is 5.32 Å². The Bertz CT molecular complexity index is 726. The molecule has 0 aliphatic carbocycles. The lowest BCUT2D eigenvalue weighted by atomic mass is 10.1. The first-order valence-corrected chi connectivity index (χ1v) is 8.09. The third-order valence-corrected chi connectivity index (χ3v) is 4.29. The van der Waals surface area contributed by atoms with E-state index in [1.807, 2.05) is 34.9 Å². The number of amidine groups is 1. The molecule has 0 aromatic heterocycles. The van der Waals surface area contributed by atoms with E-state index in [1.54, 1.807) is 7.05 Å². The molecule has 3 rings (SSSR count). The van der Waals surface area contributed by atoms with Crippen LogP contribution in [-0.4, -0.2) is 64.8 Å². The Morgan fingerprint density at radius 2 is 1.88 bits per heavy atom. The highest BCUT2D eigenvalue weighted by Gasteiger charge is 2.51. The van der Waals surface area contributed by atoms with Crippen molar-refractivity contribution in [3.63, 3.8) is 0 Å². The number of hydrogen-bond donors (Lipinski definition) is 1. The molecule has 0 spiro atoms. The Kier molecular flexibility index (Phi) is 4.33. The predicted molar refractivity (Wildman–Crippen MR) is 90.9 cm³/mol. The molecule has 0 saturated carbocycles. The minimum atomic E-state index is -0.532. The van der Waals surface area contributed by atoms with E-state index in [0.717, 1.165) is 16.9 Å². The largest absolute Gasteiger partial charge is 0.390 e. The van der Waals surface area contributed by atoms with Gasteiger partial charge in [0.05, 0.1) is 13.1 Å². The van der Waals surface area contributed by atoms with Crippen molar-refractivity contribution in [1.82, 2.24) is 15.1 Å². The molecule has 0 radical (unpaired) electrons. The zero-order chi connectivity index (χ0) is 17.3. The number of aliphatic imine (C=N–C) groups is 1. The fourth-order valence-corrected chi connectivity index (χ4v) is 2.99. The topological polar surface area (TPSA) is 68.0 Å². The maximum absolute atomic E-state index is 12.6. The number of likely N-dealkylation sites (N-methyl/N-ethyl adjacent to an activating group) is 2. The van der Waals surface area contributed by atoms with Crippen LogP contribution in [0.25, 0.3) is 0 Å². The molecule has 7 heteroatoms. The van der Waals surface area contributed by atoms with Crippen LogP contribution in [0.4, 0.5) is 4.79 Å². The standard InChI is InChI=1S/C17H21N5O2/c1-4-10-22-13-14(20(2)17(24)21(3)15(13)23)19-16(22)18-11-12-8-6-5-7-9-12/h5-9,13H,4,10-11H2,1-3H3/p+1. The van der Waals surface area contributed by atoms with E-state index in [1.165, 1.54) is 11.9 Å². The normalized spacial score (nSPS) is 20.5. The van der Waals surface area contributed by atoms with Gasteiger partial charge in [-0.3, -0.25) is 19.9 Å². The summed E-state index contributed by atoms with van der Waals surface area (Å²) in [5, 5.41) is 3.31. The zero-order valence-corrected chi connectivity index (χ0v) is 14.2. The van der Waals surface area contributed by atoms with Gasteiger partial charge in [0.15, 0.2) is 0 Å². The number of fused-ring (bicyclic) bond motifs is 1. The summed E-state index contributed by atoms with van der Waals surface area (Å²) in [5.74, 6) is 0.901. The highest BCUT2D eigenvalue weighted by Crippen LogP contribution is 2.18. The van der Waals surface area contributed by atoms with Crippen molar-refractivity contribution in [2.45, 2.75) is 25.9 Å². The molecule has 1 aromatic carbocycles. The summed E-state index contributed by atoms with van der Waals surface area (Å²) in [6, 6.07) is 9.11. The Morgan fingerprint density at radius 3 is 2.54 bits per heavy atom. The van der Waals surface area contributed by atoms with Crippen molar-refractivity contribution < 1.29 is 14.2 Å². The smallest absolute Gasteiger partial charge is 0.271 e. The monoisotopic (exact) mass is 328 g/mol. The van der Waals surface area contributed by atoms with Crippen molar-refractivity contribution in [1.29, 1.82) is 0 Å². The molecule has 2 heterocycles. The number of guanidine groups is 1. The number of benzene rings is 1. The molecule has 0 bridgehead atoms.